The first-order valence-corrected chi connectivity index (χ1v) is 9.61. The molecule has 0 atom stereocenters. The number of carbonyl (C=O) groups is 2. The number of hydrogen-bond acceptors (Lipinski definition) is 3. The summed E-state index contributed by atoms with van der Waals surface area (Å²) in [4.78, 5) is 27.1. The highest BCUT2D eigenvalue weighted by Gasteiger charge is 2.18. The van der Waals surface area contributed by atoms with Crippen LogP contribution in [0.1, 0.15) is 53.3 Å². The van der Waals surface area contributed by atoms with Crippen molar-refractivity contribution in [3.8, 4) is 5.75 Å². The van der Waals surface area contributed by atoms with Crippen molar-refractivity contribution in [1.29, 1.82) is 0 Å². The maximum absolute atomic E-state index is 12.6. The summed E-state index contributed by atoms with van der Waals surface area (Å²) >= 11 is 0. The van der Waals surface area contributed by atoms with Gasteiger partial charge in [0.15, 0.2) is 0 Å². The predicted molar refractivity (Wildman–Crippen MR) is 106 cm³/mol. The normalized spacial score (nSPS) is 13.9. The lowest BCUT2D eigenvalue weighted by atomic mass is 10.1. The zero-order chi connectivity index (χ0) is 19.1. The number of benzene rings is 2. The third-order valence-electron chi connectivity index (χ3n) is 4.58. The molecule has 27 heavy (non-hydrogen) atoms. The van der Waals surface area contributed by atoms with Crippen LogP contribution in [0.3, 0.4) is 0 Å². The third-order valence-corrected chi connectivity index (χ3v) is 4.58. The van der Waals surface area contributed by atoms with Crippen molar-refractivity contribution in [3.63, 3.8) is 0 Å². The molecular formula is C22H26N2O3. The van der Waals surface area contributed by atoms with Crippen LogP contribution in [0.25, 0.3) is 0 Å². The number of piperidine rings is 1. The Balaban J connectivity index is 1.68. The van der Waals surface area contributed by atoms with Gasteiger partial charge in [0.1, 0.15) is 5.75 Å². The maximum atomic E-state index is 12.6. The first-order chi connectivity index (χ1) is 13.2. The Morgan fingerprint density at radius 3 is 2.52 bits per heavy atom. The van der Waals surface area contributed by atoms with Gasteiger partial charge in [0, 0.05) is 29.9 Å². The van der Waals surface area contributed by atoms with Gasteiger partial charge in [0.25, 0.3) is 11.8 Å². The summed E-state index contributed by atoms with van der Waals surface area (Å²) in [6.07, 6.45) is 4.20. The van der Waals surface area contributed by atoms with Crippen LogP contribution >= 0.6 is 0 Å². The lowest BCUT2D eigenvalue weighted by Crippen LogP contribution is -2.35. The first kappa shape index (κ1) is 19.0. The lowest BCUT2D eigenvalue weighted by molar-refractivity contribution is 0.0724. The van der Waals surface area contributed by atoms with E-state index in [0.29, 0.717) is 29.2 Å². The smallest absolute Gasteiger partial charge is 0.255 e. The van der Waals surface area contributed by atoms with Crippen molar-refractivity contribution < 1.29 is 14.3 Å². The second-order valence-electron chi connectivity index (χ2n) is 6.76. The van der Waals surface area contributed by atoms with E-state index in [1.807, 2.05) is 17.9 Å². The summed E-state index contributed by atoms with van der Waals surface area (Å²) in [6, 6.07) is 14.2. The van der Waals surface area contributed by atoms with Crippen molar-refractivity contribution in [2.75, 3.05) is 25.0 Å². The van der Waals surface area contributed by atoms with E-state index in [2.05, 4.69) is 5.32 Å². The second kappa shape index (κ2) is 9.21. The van der Waals surface area contributed by atoms with Crippen molar-refractivity contribution in [3.05, 3.63) is 59.7 Å². The minimum atomic E-state index is -0.223. The van der Waals surface area contributed by atoms with Crippen molar-refractivity contribution in [2.24, 2.45) is 0 Å². The molecule has 2 aromatic rings. The number of amides is 2. The van der Waals surface area contributed by atoms with Crippen LogP contribution in [0.5, 0.6) is 5.75 Å². The van der Waals surface area contributed by atoms with E-state index in [4.69, 9.17) is 4.74 Å². The number of likely N-dealkylation sites (tertiary alicyclic amines) is 1. The van der Waals surface area contributed by atoms with Gasteiger partial charge in [-0.15, -0.1) is 0 Å². The van der Waals surface area contributed by atoms with E-state index < -0.39 is 0 Å². The van der Waals surface area contributed by atoms with Crippen LogP contribution < -0.4 is 10.1 Å². The van der Waals surface area contributed by atoms with Crippen molar-refractivity contribution in [1.82, 2.24) is 4.90 Å². The highest BCUT2D eigenvalue weighted by Crippen LogP contribution is 2.18. The molecule has 1 N–H and O–H groups in total. The first-order valence-electron chi connectivity index (χ1n) is 9.61. The van der Waals surface area contributed by atoms with Crippen LogP contribution in [-0.4, -0.2) is 36.4 Å². The number of hydrogen-bond donors (Lipinski definition) is 1. The Hall–Kier alpha value is -2.82. The Morgan fingerprint density at radius 1 is 1.00 bits per heavy atom. The van der Waals surface area contributed by atoms with E-state index in [9.17, 15) is 9.59 Å². The molecule has 0 bridgehead atoms. The quantitative estimate of drug-likeness (QED) is 0.827. The van der Waals surface area contributed by atoms with E-state index in [-0.39, 0.29) is 11.8 Å². The van der Waals surface area contributed by atoms with Crippen LogP contribution in [0.2, 0.25) is 0 Å². The molecule has 0 spiro atoms. The van der Waals surface area contributed by atoms with Crippen molar-refractivity contribution in [2.45, 2.75) is 32.6 Å². The zero-order valence-electron chi connectivity index (χ0n) is 15.7. The van der Waals surface area contributed by atoms with Crippen LogP contribution in [0, 0.1) is 0 Å². The molecule has 5 nitrogen and oxygen atoms in total. The molecule has 1 saturated heterocycles. The maximum Gasteiger partial charge on any atom is 0.255 e. The van der Waals surface area contributed by atoms with Gasteiger partial charge in [0.2, 0.25) is 0 Å². The topological polar surface area (TPSA) is 58.6 Å². The van der Waals surface area contributed by atoms with Gasteiger partial charge >= 0.3 is 0 Å². The number of rotatable bonds is 6. The molecule has 2 aromatic carbocycles. The minimum Gasteiger partial charge on any atom is -0.494 e. The second-order valence-corrected chi connectivity index (χ2v) is 6.76. The molecule has 0 unspecified atom stereocenters. The zero-order valence-corrected chi connectivity index (χ0v) is 15.7. The van der Waals surface area contributed by atoms with Gasteiger partial charge in [-0.05, 0) is 62.1 Å². The van der Waals surface area contributed by atoms with E-state index >= 15 is 0 Å². The Labute approximate surface area is 160 Å². The summed E-state index contributed by atoms with van der Waals surface area (Å²) in [5.41, 5.74) is 1.74. The largest absolute Gasteiger partial charge is 0.494 e. The fraction of sp³-hybridized carbons (Fsp3) is 0.364. The minimum absolute atomic E-state index is 0.0285. The van der Waals surface area contributed by atoms with Gasteiger partial charge < -0.3 is 15.0 Å². The molecule has 5 heteroatoms. The number of nitrogens with zero attached hydrogens (tertiary/aromatic N) is 1. The van der Waals surface area contributed by atoms with Gasteiger partial charge in [-0.25, -0.2) is 0 Å². The van der Waals surface area contributed by atoms with E-state index in [1.165, 1.54) is 6.42 Å². The molecule has 2 amide bonds. The molecular weight excluding hydrogens is 340 g/mol. The van der Waals surface area contributed by atoms with Gasteiger partial charge in [0.05, 0.1) is 6.61 Å². The van der Waals surface area contributed by atoms with Crippen molar-refractivity contribution >= 4 is 17.5 Å². The van der Waals surface area contributed by atoms with E-state index in [0.717, 1.165) is 32.4 Å². The molecule has 1 aliphatic heterocycles. The molecule has 0 aliphatic carbocycles. The molecule has 1 fully saturated rings. The summed E-state index contributed by atoms with van der Waals surface area (Å²) in [5, 5.41) is 2.87. The fourth-order valence-electron chi connectivity index (χ4n) is 3.16. The average molecular weight is 366 g/mol. The molecule has 142 valence electrons. The summed E-state index contributed by atoms with van der Waals surface area (Å²) < 4.78 is 5.58. The van der Waals surface area contributed by atoms with Crippen LogP contribution in [0.15, 0.2) is 48.5 Å². The highest BCUT2D eigenvalue weighted by molar-refractivity contribution is 6.05. The number of anilines is 1. The fourth-order valence-corrected chi connectivity index (χ4v) is 3.16. The predicted octanol–water partition coefficient (Wildman–Crippen LogP) is 4.35. The Morgan fingerprint density at radius 2 is 1.74 bits per heavy atom. The number of nitrogens with one attached hydrogen (secondary N) is 1. The standard InChI is InChI=1S/C22H26N2O3/c1-2-14-27-20-11-7-8-17(16-20)21(25)23-19-10-6-9-18(15-19)22(26)24-12-4-3-5-13-24/h6-11,15-16H,2-5,12-14H2,1H3,(H,23,25). The van der Waals surface area contributed by atoms with E-state index in [1.54, 1.807) is 42.5 Å². The number of carbonyl (C=O) groups excluding carboxylic acids is 2. The molecule has 1 heterocycles. The Bertz CT molecular complexity index is 798. The van der Waals surface area contributed by atoms with Gasteiger partial charge in [-0.3, -0.25) is 9.59 Å². The van der Waals surface area contributed by atoms with Crippen LogP contribution in [-0.2, 0) is 0 Å². The van der Waals surface area contributed by atoms with Crippen LogP contribution in [0.4, 0.5) is 5.69 Å². The third kappa shape index (κ3) is 5.09. The summed E-state index contributed by atoms with van der Waals surface area (Å²) in [7, 11) is 0. The van der Waals surface area contributed by atoms with Gasteiger partial charge in [-0.1, -0.05) is 19.1 Å². The SMILES string of the molecule is CCCOc1cccc(C(=O)Nc2cccc(C(=O)N3CCCCC3)c2)c1. The highest BCUT2D eigenvalue weighted by atomic mass is 16.5. The summed E-state index contributed by atoms with van der Waals surface area (Å²) in [5.74, 6) is 0.485. The lowest BCUT2D eigenvalue weighted by Gasteiger charge is -2.26. The molecule has 0 saturated carbocycles. The molecule has 1 aliphatic rings. The summed E-state index contributed by atoms with van der Waals surface area (Å²) in [6.45, 7) is 4.26. The van der Waals surface area contributed by atoms with Gasteiger partial charge in [-0.2, -0.15) is 0 Å². The Kier molecular flexibility index (Phi) is 6.47. The monoisotopic (exact) mass is 366 g/mol. The average Bonchev–Trinajstić information content (AvgIpc) is 2.72. The number of ether oxygens (including phenoxy) is 1. The molecule has 0 aromatic heterocycles. The molecule has 3 rings (SSSR count). The molecule has 0 radical (unpaired) electrons.